The molecule has 3 heteroatoms. The van der Waals surface area contributed by atoms with Gasteiger partial charge in [0.2, 0.25) is 0 Å². The van der Waals surface area contributed by atoms with E-state index >= 15 is 0 Å². The van der Waals surface area contributed by atoms with Crippen molar-refractivity contribution in [2.24, 2.45) is 0 Å². The summed E-state index contributed by atoms with van der Waals surface area (Å²) in [5.41, 5.74) is 0.0293. The van der Waals surface area contributed by atoms with Crippen molar-refractivity contribution in [1.29, 1.82) is 0 Å². The minimum absolute atomic E-state index is 0.0293. The maximum Gasteiger partial charge on any atom is 0.105 e. The molecule has 1 heterocycles. The van der Waals surface area contributed by atoms with Crippen LogP contribution in [0.25, 0.3) is 0 Å². The highest BCUT2D eigenvalue weighted by molar-refractivity contribution is 5.07. The van der Waals surface area contributed by atoms with E-state index in [1.54, 1.807) is 6.26 Å². The van der Waals surface area contributed by atoms with Gasteiger partial charge >= 0.3 is 0 Å². The predicted octanol–water partition coefficient (Wildman–Crippen LogP) is 1.98. The zero-order valence-corrected chi connectivity index (χ0v) is 9.45. The highest BCUT2D eigenvalue weighted by atomic mass is 16.5. The molecule has 1 saturated carbocycles. The van der Waals surface area contributed by atoms with Gasteiger partial charge in [-0.05, 0) is 38.4 Å². The van der Waals surface area contributed by atoms with Crippen LogP contribution >= 0.6 is 0 Å². The predicted molar refractivity (Wildman–Crippen MR) is 58.9 cm³/mol. The Balaban J connectivity index is 2.03. The van der Waals surface area contributed by atoms with E-state index in [0.717, 1.165) is 25.0 Å². The van der Waals surface area contributed by atoms with Gasteiger partial charge in [-0.15, -0.1) is 0 Å². The van der Waals surface area contributed by atoms with Crippen LogP contribution in [0.15, 0.2) is 22.8 Å². The topological polar surface area (TPSA) is 34.4 Å². The van der Waals surface area contributed by atoms with E-state index in [1.165, 1.54) is 6.42 Å². The molecule has 1 aromatic rings. The lowest BCUT2D eigenvalue weighted by atomic mass is 9.73. The molecule has 1 unspecified atom stereocenters. The SMILES string of the molecule is CNC(Cc1ccco1)C1(OC)CCC1. The Morgan fingerprint density at radius 3 is 2.80 bits per heavy atom. The number of ether oxygens (including phenoxy) is 1. The third-order valence-electron chi connectivity index (χ3n) is 3.58. The fraction of sp³-hybridized carbons (Fsp3) is 0.667. The zero-order valence-electron chi connectivity index (χ0n) is 9.45. The first-order valence-electron chi connectivity index (χ1n) is 5.55. The second kappa shape index (κ2) is 4.37. The third kappa shape index (κ3) is 1.94. The zero-order chi connectivity index (χ0) is 10.7. The van der Waals surface area contributed by atoms with Crippen LogP contribution in [0.2, 0.25) is 0 Å². The van der Waals surface area contributed by atoms with Gasteiger partial charge in [-0.2, -0.15) is 0 Å². The number of hydrogen-bond acceptors (Lipinski definition) is 3. The first-order valence-corrected chi connectivity index (χ1v) is 5.55. The minimum atomic E-state index is 0.0293. The molecule has 1 N–H and O–H groups in total. The van der Waals surface area contributed by atoms with Gasteiger partial charge < -0.3 is 14.5 Å². The van der Waals surface area contributed by atoms with Crippen molar-refractivity contribution in [3.05, 3.63) is 24.2 Å². The molecular formula is C12H19NO2. The van der Waals surface area contributed by atoms with Crippen molar-refractivity contribution in [1.82, 2.24) is 5.32 Å². The van der Waals surface area contributed by atoms with E-state index in [2.05, 4.69) is 5.32 Å². The molecule has 0 spiro atoms. The summed E-state index contributed by atoms with van der Waals surface area (Å²) in [7, 11) is 3.80. The Bertz CT molecular complexity index is 285. The second-order valence-electron chi connectivity index (χ2n) is 4.25. The molecule has 15 heavy (non-hydrogen) atoms. The molecule has 1 aromatic heterocycles. The van der Waals surface area contributed by atoms with E-state index in [4.69, 9.17) is 9.15 Å². The second-order valence-corrected chi connectivity index (χ2v) is 4.25. The summed E-state index contributed by atoms with van der Waals surface area (Å²) in [6, 6.07) is 4.30. The van der Waals surface area contributed by atoms with Crippen LogP contribution in [0.5, 0.6) is 0 Å². The molecule has 0 amide bonds. The molecule has 1 aliphatic rings. The lowest BCUT2D eigenvalue weighted by Crippen LogP contribution is -2.56. The molecule has 0 aromatic carbocycles. The third-order valence-corrected chi connectivity index (χ3v) is 3.58. The van der Waals surface area contributed by atoms with Crippen molar-refractivity contribution in [3.63, 3.8) is 0 Å². The van der Waals surface area contributed by atoms with E-state index < -0.39 is 0 Å². The van der Waals surface area contributed by atoms with Gasteiger partial charge in [-0.25, -0.2) is 0 Å². The summed E-state index contributed by atoms with van der Waals surface area (Å²) in [5, 5.41) is 3.35. The van der Waals surface area contributed by atoms with Crippen LogP contribution in [0, 0.1) is 0 Å². The summed E-state index contributed by atoms with van der Waals surface area (Å²) in [5.74, 6) is 1.03. The van der Waals surface area contributed by atoms with Crippen LogP contribution in [0.4, 0.5) is 0 Å². The monoisotopic (exact) mass is 209 g/mol. The van der Waals surface area contributed by atoms with Crippen LogP contribution in [0.1, 0.15) is 25.0 Å². The number of nitrogens with one attached hydrogen (secondary N) is 1. The Morgan fingerprint density at radius 2 is 2.40 bits per heavy atom. The van der Waals surface area contributed by atoms with Gasteiger partial charge in [0.05, 0.1) is 11.9 Å². The largest absolute Gasteiger partial charge is 0.469 e. The summed E-state index contributed by atoms with van der Waals surface area (Å²) in [4.78, 5) is 0. The van der Waals surface area contributed by atoms with E-state index in [9.17, 15) is 0 Å². The Labute approximate surface area is 90.8 Å². The standard InChI is InChI=1S/C12H19NO2/c1-13-11(9-10-5-3-8-15-10)12(14-2)6-4-7-12/h3,5,8,11,13H,4,6-7,9H2,1-2H3. The number of likely N-dealkylation sites (N-methyl/N-ethyl adjacent to an activating group) is 1. The van der Waals surface area contributed by atoms with Gasteiger partial charge in [0.25, 0.3) is 0 Å². The number of methoxy groups -OCH3 is 1. The van der Waals surface area contributed by atoms with Gasteiger partial charge in [0.1, 0.15) is 5.76 Å². The number of rotatable bonds is 5. The van der Waals surface area contributed by atoms with E-state index in [-0.39, 0.29) is 5.60 Å². The quantitative estimate of drug-likeness (QED) is 0.805. The van der Waals surface area contributed by atoms with Crippen molar-refractivity contribution in [3.8, 4) is 0 Å². The van der Waals surface area contributed by atoms with Crippen LogP contribution in [0.3, 0.4) is 0 Å². The molecule has 1 fully saturated rings. The van der Waals surface area contributed by atoms with Crippen molar-refractivity contribution < 1.29 is 9.15 Å². The molecule has 0 bridgehead atoms. The van der Waals surface area contributed by atoms with E-state index in [1.807, 2.05) is 26.3 Å². The Kier molecular flexibility index (Phi) is 3.12. The Hall–Kier alpha value is -0.800. The van der Waals surface area contributed by atoms with E-state index in [0.29, 0.717) is 6.04 Å². The van der Waals surface area contributed by atoms with Crippen molar-refractivity contribution in [2.45, 2.75) is 37.3 Å². The fourth-order valence-electron chi connectivity index (χ4n) is 2.40. The smallest absolute Gasteiger partial charge is 0.105 e. The van der Waals surface area contributed by atoms with Crippen LogP contribution in [-0.4, -0.2) is 25.8 Å². The molecule has 2 rings (SSSR count). The molecule has 3 nitrogen and oxygen atoms in total. The minimum Gasteiger partial charge on any atom is -0.469 e. The molecule has 1 atom stereocenters. The lowest BCUT2D eigenvalue weighted by molar-refractivity contribution is -0.0974. The number of furan rings is 1. The fourth-order valence-corrected chi connectivity index (χ4v) is 2.40. The molecule has 0 radical (unpaired) electrons. The summed E-state index contributed by atoms with van der Waals surface area (Å²) >= 11 is 0. The summed E-state index contributed by atoms with van der Waals surface area (Å²) in [6.45, 7) is 0. The normalized spacial score (nSPS) is 20.9. The molecular weight excluding hydrogens is 190 g/mol. The van der Waals surface area contributed by atoms with Crippen molar-refractivity contribution >= 4 is 0 Å². The van der Waals surface area contributed by atoms with Crippen molar-refractivity contribution in [2.75, 3.05) is 14.2 Å². The molecule has 1 aliphatic carbocycles. The molecule has 84 valence electrons. The van der Waals surface area contributed by atoms with Gasteiger partial charge in [0.15, 0.2) is 0 Å². The van der Waals surface area contributed by atoms with Crippen LogP contribution in [-0.2, 0) is 11.2 Å². The lowest BCUT2D eigenvalue weighted by Gasteiger charge is -2.46. The molecule has 0 saturated heterocycles. The van der Waals surface area contributed by atoms with Gasteiger partial charge in [-0.3, -0.25) is 0 Å². The summed E-state index contributed by atoms with van der Waals surface area (Å²) in [6.07, 6.45) is 6.19. The molecule has 0 aliphatic heterocycles. The Morgan fingerprint density at radius 1 is 1.60 bits per heavy atom. The number of hydrogen-bond donors (Lipinski definition) is 1. The first-order chi connectivity index (χ1) is 7.30. The maximum absolute atomic E-state index is 5.67. The van der Waals surface area contributed by atoms with Crippen LogP contribution < -0.4 is 5.32 Å². The maximum atomic E-state index is 5.67. The first kappa shape index (κ1) is 10.7. The average molecular weight is 209 g/mol. The van der Waals surface area contributed by atoms with Gasteiger partial charge in [-0.1, -0.05) is 0 Å². The highest BCUT2D eigenvalue weighted by Gasteiger charge is 2.43. The highest BCUT2D eigenvalue weighted by Crippen LogP contribution is 2.39. The van der Waals surface area contributed by atoms with Gasteiger partial charge in [0, 0.05) is 19.6 Å². The average Bonchev–Trinajstić information content (AvgIpc) is 2.68. The summed E-state index contributed by atoms with van der Waals surface area (Å²) < 4.78 is 11.0.